The molecular formula is C28H34N4O2. The number of anilines is 1. The summed E-state index contributed by atoms with van der Waals surface area (Å²) in [6, 6.07) is 16.2. The number of rotatable bonds is 7. The van der Waals surface area contributed by atoms with Crippen LogP contribution >= 0.6 is 0 Å². The first kappa shape index (κ1) is 22.6. The Bertz CT molecular complexity index is 1160. The molecule has 0 radical (unpaired) electrons. The number of para-hydroxylation sites is 3. The van der Waals surface area contributed by atoms with Crippen LogP contribution in [0.2, 0.25) is 0 Å². The fourth-order valence-electron chi connectivity index (χ4n) is 5.47. The van der Waals surface area contributed by atoms with Crippen LogP contribution in [0.4, 0.5) is 5.69 Å². The quantitative estimate of drug-likeness (QED) is 0.524. The van der Waals surface area contributed by atoms with E-state index in [0.29, 0.717) is 6.54 Å². The summed E-state index contributed by atoms with van der Waals surface area (Å²) >= 11 is 0. The number of benzene rings is 2. The van der Waals surface area contributed by atoms with Gasteiger partial charge in [0, 0.05) is 31.1 Å². The zero-order valence-corrected chi connectivity index (χ0v) is 19.8. The summed E-state index contributed by atoms with van der Waals surface area (Å²) < 4.78 is 2.07. The largest absolute Gasteiger partial charge is 0.356 e. The van der Waals surface area contributed by atoms with Gasteiger partial charge in [0.05, 0.1) is 11.0 Å². The second-order valence-corrected chi connectivity index (χ2v) is 9.61. The first-order valence-corrected chi connectivity index (χ1v) is 12.8. The van der Waals surface area contributed by atoms with E-state index in [9.17, 15) is 9.59 Å². The molecule has 1 aliphatic heterocycles. The molecule has 1 aromatic heterocycles. The van der Waals surface area contributed by atoms with Gasteiger partial charge in [0.15, 0.2) is 0 Å². The second-order valence-electron chi connectivity index (χ2n) is 9.61. The van der Waals surface area contributed by atoms with Gasteiger partial charge < -0.3 is 14.8 Å². The van der Waals surface area contributed by atoms with Crippen molar-refractivity contribution in [2.75, 3.05) is 18.0 Å². The van der Waals surface area contributed by atoms with E-state index in [4.69, 9.17) is 4.98 Å². The Morgan fingerprint density at radius 2 is 1.76 bits per heavy atom. The summed E-state index contributed by atoms with van der Waals surface area (Å²) in [6.07, 6.45) is 9.16. The monoisotopic (exact) mass is 458 g/mol. The number of amides is 2. The van der Waals surface area contributed by atoms with Gasteiger partial charge in [-0.2, -0.15) is 0 Å². The number of hydrogen-bond acceptors (Lipinski definition) is 3. The Hall–Kier alpha value is -3.15. The number of hydrogen-bond donors (Lipinski definition) is 1. The highest BCUT2D eigenvalue weighted by molar-refractivity contribution is 5.95. The van der Waals surface area contributed by atoms with Crippen molar-refractivity contribution < 1.29 is 9.59 Å². The van der Waals surface area contributed by atoms with Crippen molar-refractivity contribution in [1.29, 1.82) is 0 Å². The SMILES string of the molecule is O=C(NCCCc1nc2ccccc2n1CC(=O)N1CCCc2ccccc21)C1CCCCC1. The fraction of sp³-hybridized carbons (Fsp3) is 0.464. The van der Waals surface area contributed by atoms with Crippen LogP contribution in [0.3, 0.4) is 0 Å². The molecule has 178 valence electrons. The van der Waals surface area contributed by atoms with Gasteiger partial charge in [-0.3, -0.25) is 9.59 Å². The highest BCUT2D eigenvalue weighted by atomic mass is 16.2. The molecule has 0 spiro atoms. The summed E-state index contributed by atoms with van der Waals surface area (Å²) in [6.45, 7) is 1.68. The van der Waals surface area contributed by atoms with Gasteiger partial charge in [0.1, 0.15) is 12.4 Å². The molecule has 2 heterocycles. The molecule has 2 aromatic carbocycles. The fourth-order valence-corrected chi connectivity index (χ4v) is 5.47. The predicted molar refractivity (Wildman–Crippen MR) is 135 cm³/mol. The average Bonchev–Trinajstić information content (AvgIpc) is 3.23. The number of aromatic nitrogens is 2. The van der Waals surface area contributed by atoms with E-state index in [-0.39, 0.29) is 24.3 Å². The van der Waals surface area contributed by atoms with E-state index in [2.05, 4.69) is 16.0 Å². The minimum atomic E-state index is 0.0992. The maximum absolute atomic E-state index is 13.4. The third-order valence-corrected chi connectivity index (χ3v) is 7.29. The lowest BCUT2D eigenvalue weighted by molar-refractivity contribution is -0.126. The zero-order chi connectivity index (χ0) is 23.3. The van der Waals surface area contributed by atoms with E-state index in [0.717, 1.165) is 80.5 Å². The van der Waals surface area contributed by atoms with Crippen molar-refractivity contribution >= 4 is 28.5 Å². The smallest absolute Gasteiger partial charge is 0.246 e. The number of aryl methyl sites for hydroxylation is 2. The van der Waals surface area contributed by atoms with Crippen molar-refractivity contribution in [3.8, 4) is 0 Å². The van der Waals surface area contributed by atoms with Crippen molar-refractivity contribution in [1.82, 2.24) is 14.9 Å². The van der Waals surface area contributed by atoms with E-state index in [1.807, 2.05) is 47.4 Å². The number of nitrogens with zero attached hydrogens (tertiary/aromatic N) is 3. The van der Waals surface area contributed by atoms with Gasteiger partial charge in [-0.05, 0) is 55.9 Å². The molecule has 1 aliphatic carbocycles. The molecule has 0 saturated heterocycles. The normalized spacial score (nSPS) is 16.4. The van der Waals surface area contributed by atoms with Gasteiger partial charge in [0.2, 0.25) is 11.8 Å². The van der Waals surface area contributed by atoms with Crippen molar-refractivity contribution in [2.45, 2.75) is 64.3 Å². The molecule has 2 amide bonds. The molecule has 1 fully saturated rings. The molecule has 1 N–H and O–H groups in total. The minimum absolute atomic E-state index is 0.0992. The summed E-state index contributed by atoms with van der Waals surface area (Å²) in [5, 5.41) is 3.13. The predicted octanol–water partition coefficient (Wildman–Crippen LogP) is 4.64. The Morgan fingerprint density at radius 3 is 2.65 bits per heavy atom. The van der Waals surface area contributed by atoms with Crippen LogP contribution in [0.5, 0.6) is 0 Å². The van der Waals surface area contributed by atoms with Gasteiger partial charge in [-0.25, -0.2) is 4.98 Å². The van der Waals surface area contributed by atoms with Crippen LogP contribution in [-0.2, 0) is 29.0 Å². The third kappa shape index (κ3) is 4.86. The standard InChI is InChI=1S/C28H34N4O2/c33-27(31-19-9-13-21-10-4-6-15-24(21)31)20-32-25-16-7-5-14-23(25)30-26(32)17-8-18-29-28(34)22-11-2-1-3-12-22/h4-7,10,14-16,22H,1-3,8-9,11-13,17-20H2,(H,29,34). The molecule has 6 heteroatoms. The van der Waals surface area contributed by atoms with E-state index < -0.39 is 0 Å². The van der Waals surface area contributed by atoms with Crippen LogP contribution in [0, 0.1) is 5.92 Å². The molecule has 1 saturated carbocycles. The van der Waals surface area contributed by atoms with Crippen LogP contribution in [0.1, 0.15) is 56.3 Å². The van der Waals surface area contributed by atoms with Gasteiger partial charge in [-0.15, -0.1) is 0 Å². The zero-order valence-electron chi connectivity index (χ0n) is 19.8. The first-order valence-electron chi connectivity index (χ1n) is 12.8. The lowest BCUT2D eigenvalue weighted by atomic mass is 9.89. The molecule has 6 nitrogen and oxygen atoms in total. The Balaban J connectivity index is 1.27. The highest BCUT2D eigenvalue weighted by Crippen LogP contribution is 2.28. The molecule has 3 aromatic rings. The summed E-state index contributed by atoms with van der Waals surface area (Å²) in [7, 11) is 0. The average molecular weight is 459 g/mol. The molecule has 2 aliphatic rings. The van der Waals surface area contributed by atoms with E-state index >= 15 is 0 Å². The molecule has 0 unspecified atom stereocenters. The maximum atomic E-state index is 13.4. The van der Waals surface area contributed by atoms with Gasteiger partial charge in [0.25, 0.3) is 0 Å². The number of carbonyl (C=O) groups excluding carboxylic acids is 2. The second kappa shape index (κ2) is 10.4. The molecule has 0 atom stereocenters. The summed E-state index contributed by atoms with van der Waals surface area (Å²) in [5.41, 5.74) is 4.18. The topological polar surface area (TPSA) is 67.2 Å². The molecule has 0 bridgehead atoms. The van der Waals surface area contributed by atoms with Crippen molar-refractivity contribution in [3.05, 3.63) is 59.9 Å². The summed E-state index contributed by atoms with van der Waals surface area (Å²) in [5.74, 6) is 1.39. The van der Waals surface area contributed by atoms with Crippen LogP contribution in [-0.4, -0.2) is 34.5 Å². The van der Waals surface area contributed by atoms with E-state index in [1.54, 1.807) is 0 Å². The number of fused-ring (bicyclic) bond motifs is 2. The highest BCUT2D eigenvalue weighted by Gasteiger charge is 2.24. The van der Waals surface area contributed by atoms with Crippen LogP contribution < -0.4 is 10.2 Å². The number of carbonyl (C=O) groups is 2. The van der Waals surface area contributed by atoms with Gasteiger partial charge in [-0.1, -0.05) is 49.6 Å². The van der Waals surface area contributed by atoms with Gasteiger partial charge >= 0.3 is 0 Å². The Morgan fingerprint density at radius 1 is 0.971 bits per heavy atom. The number of imidazole rings is 1. The number of nitrogens with one attached hydrogen (secondary N) is 1. The minimum Gasteiger partial charge on any atom is -0.356 e. The Labute approximate surface area is 201 Å². The lowest BCUT2D eigenvalue weighted by Crippen LogP contribution is -2.38. The molecular weight excluding hydrogens is 424 g/mol. The first-order chi connectivity index (χ1) is 16.7. The third-order valence-electron chi connectivity index (χ3n) is 7.29. The Kier molecular flexibility index (Phi) is 6.93. The van der Waals surface area contributed by atoms with E-state index in [1.165, 1.54) is 12.0 Å². The van der Waals surface area contributed by atoms with Crippen molar-refractivity contribution in [2.24, 2.45) is 5.92 Å². The molecule has 5 rings (SSSR count). The maximum Gasteiger partial charge on any atom is 0.246 e. The van der Waals surface area contributed by atoms with Crippen LogP contribution in [0.15, 0.2) is 48.5 Å². The van der Waals surface area contributed by atoms with Crippen molar-refractivity contribution in [3.63, 3.8) is 0 Å². The van der Waals surface area contributed by atoms with Crippen LogP contribution in [0.25, 0.3) is 11.0 Å². The summed E-state index contributed by atoms with van der Waals surface area (Å²) in [4.78, 5) is 32.7. The lowest BCUT2D eigenvalue weighted by Gasteiger charge is -2.29. The molecule has 34 heavy (non-hydrogen) atoms.